The summed E-state index contributed by atoms with van der Waals surface area (Å²) in [4.78, 5) is 29.2. The maximum atomic E-state index is 12.7. The minimum absolute atomic E-state index is 0.270. The van der Waals surface area contributed by atoms with Crippen LogP contribution < -0.4 is 10.6 Å². The maximum Gasteiger partial charge on any atom is 0.257 e. The number of halogens is 1. The molecule has 1 aromatic heterocycles. The Morgan fingerprint density at radius 3 is 2.14 bits per heavy atom. The lowest BCUT2D eigenvalue weighted by Gasteiger charge is -2.13. The zero-order valence-electron chi connectivity index (χ0n) is 15.6. The molecule has 3 aromatic rings. The average molecular weight is 394 g/mol. The van der Waals surface area contributed by atoms with Crippen molar-refractivity contribution in [1.82, 2.24) is 4.98 Å². The number of rotatable bonds is 5. The molecule has 6 heteroatoms. The van der Waals surface area contributed by atoms with E-state index in [1.54, 1.807) is 24.3 Å². The monoisotopic (exact) mass is 393 g/mol. The van der Waals surface area contributed by atoms with Crippen LogP contribution in [0.2, 0.25) is 5.02 Å². The highest BCUT2D eigenvalue weighted by Gasteiger charge is 2.14. The van der Waals surface area contributed by atoms with Crippen LogP contribution in [0.5, 0.6) is 0 Å². The van der Waals surface area contributed by atoms with Gasteiger partial charge in [0.15, 0.2) is 0 Å². The molecule has 0 fully saturated rings. The van der Waals surface area contributed by atoms with Crippen molar-refractivity contribution in [1.29, 1.82) is 0 Å². The van der Waals surface area contributed by atoms with Crippen molar-refractivity contribution in [2.75, 3.05) is 10.6 Å². The van der Waals surface area contributed by atoms with E-state index < -0.39 is 0 Å². The van der Waals surface area contributed by atoms with Crippen LogP contribution in [0.3, 0.4) is 0 Å². The van der Waals surface area contributed by atoms with Crippen molar-refractivity contribution in [2.24, 2.45) is 0 Å². The van der Waals surface area contributed by atoms with Gasteiger partial charge in [0.25, 0.3) is 11.8 Å². The van der Waals surface area contributed by atoms with Crippen molar-refractivity contribution in [3.8, 4) is 0 Å². The molecule has 3 rings (SSSR count). The summed E-state index contributed by atoms with van der Waals surface area (Å²) in [6.07, 6.45) is 2.86. The Labute approximate surface area is 168 Å². The van der Waals surface area contributed by atoms with E-state index in [-0.39, 0.29) is 17.7 Å². The van der Waals surface area contributed by atoms with E-state index in [9.17, 15) is 9.59 Å². The standard InChI is InChI=1S/C22H20ClN3O2/c1-14(2)19-5-3-4-6-20(19)26-22(28)16-11-15(12-24-13-16)21(27)25-18-9-7-17(23)8-10-18/h3-14H,1-2H3,(H,25,27)(H,26,28). The lowest BCUT2D eigenvalue weighted by Crippen LogP contribution is -2.17. The van der Waals surface area contributed by atoms with Gasteiger partial charge in [-0.15, -0.1) is 0 Å². The molecule has 0 saturated carbocycles. The smallest absolute Gasteiger partial charge is 0.257 e. The van der Waals surface area contributed by atoms with Crippen LogP contribution in [-0.2, 0) is 0 Å². The van der Waals surface area contributed by atoms with Crippen molar-refractivity contribution in [3.63, 3.8) is 0 Å². The number of benzene rings is 2. The summed E-state index contributed by atoms with van der Waals surface area (Å²) in [6.45, 7) is 4.13. The molecule has 0 spiro atoms. The molecule has 28 heavy (non-hydrogen) atoms. The third-order valence-corrected chi connectivity index (χ3v) is 4.45. The second kappa shape index (κ2) is 8.67. The Kier molecular flexibility index (Phi) is 6.06. The van der Waals surface area contributed by atoms with Crippen LogP contribution in [0, 0.1) is 0 Å². The van der Waals surface area contributed by atoms with E-state index in [4.69, 9.17) is 11.6 Å². The van der Waals surface area contributed by atoms with Gasteiger partial charge in [-0.3, -0.25) is 14.6 Å². The Balaban J connectivity index is 1.76. The lowest BCUT2D eigenvalue weighted by atomic mass is 10.0. The molecule has 0 radical (unpaired) electrons. The SMILES string of the molecule is CC(C)c1ccccc1NC(=O)c1cncc(C(=O)Nc2ccc(Cl)cc2)c1. The van der Waals surface area contributed by atoms with Crippen molar-refractivity contribution >= 4 is 34.8 Å². The van der Waals surface area contributed by atoms with Gasteiger partial charge in [0.1, 0.15) is 0 Å². The number of hydrogen-bond donors (Lipinski definition) is 2. The topological polar surface area (TPSA) is 71.1 Å². The zero-order chi connectivity index (χ0) is 20.1. The van der Waals surface area contributed by atoms with Crippen LogP contribution in [0.25, 0.3) is 0 Å². The first-order chi connectivity index (χ1) is 13.4. The molecule has 0 bridgehead atoms. The van der Waals surface area contributed by atoms with Crippen molar-refractivity contribution < 1.29 is 9.59 Å². The van der Waals surface area contributed by atoms with Crippen LogP contribution in [-0.4, -0.2) is 16.8 Å². The van der Waals surface area contributed by atoms with Crippen LogP contribution in [0.4, 0.5) is 11.4 Å². The Morgan fingerprint density at radius 1 is 0.893 bits per heavy atom. The molecule has 0 aliphatic rings. The molecule has 0 aliphatic carbocycles. The third kappa shape index (κ3) is 4.75. The number of nitrogens with zero attached hydrogens (tertiary/aromatic N) is 1. The second-order valence-corrected chi connectivity index (χ2v) is 7.06. The minimum Gasteiger partial charge on any atom is -0.322 e. The zero-order valence-corrected chi connectivity index (χ0v) is 16.3. The number of carbonyl (C=O) groups excluding carboxylic acids is 2. The normalized spacial score (nSPS) is 10.6. The van der Waals surface area contributed by atoms with Crippen molar-refractivity contribution in [2.45, 2.75) is 19.8 Å². The molecule has 0 aliphatic heterocycles. The molecule has 2 aromatic carbocycles. The summed E-state index contributed by atoms with van der Waals surface area (Å²) >= 11 is 5.85. The van der Waals surface area contributed by atoms with E-state index in [2.05, 4.69) is 29.5 Å². The van der Waals surface area contributed by atoms with Gasteiger partial charge in [-0.1, -0.05) is 43.6 Å². The number of aromatic nitrogens is 1. The maximum absolute atomic E-state index is 12.7. The molecule has 2 N–H and O–H groups in total. The number of amides is 2. The van der Waals surface area contributed by atoms with E-state index in [1.807, 2.05) is 24.3 Å². The molecule has 0 atom stereocenters. The molecule has 2 amide bonds. The molecule has 5 nitrogen and oxygen atoms in total. The van der Waals surface area contributed by atoms with Gasteiger partial charge < -0.3 is 10.6 Å². The van der Waals surface area contributed by atoms with Gasteiger partial charge >= 0.3 is 0 Å². The van der Waals surface area contributed by atoms with Crippen molar-refractivity contribution in [3.05, 3.63) is 88.7 Å². The number of nitrogens with one attached hydrogen (secondary N) is 2. The van der Waals surface area contributed by atoms with E-state index in [1.165, 1.54) is 18.5 Å². The number of para-hydroxylation sites is 1. The van der Waals surface area contributed by atoms with Crippen LogP contribution in [0.15, 0.2) is 67.0 Å². The summed E-state index contributed by atoms with van der Waals surface area (Å²) in [5.74, 6) is -0.403. The predicted octanol–water partition coefficient (Wildman–Crippen LogP) is 5.36. The molecular weight excluding hydrogens is 374 g/mol. The van der Waals surface area contributed by atoms with Crippen LogP contribution >= 0.6 is 11.6 Å². The minimum atomic E-state index is -0.355. The summed E-state index contributed by atoms with van der Waals surface area (Å²) in [7, 11) is 0. The highest BCUT2D eigenvalue weighted by atomic mass is 35.5. The number of anilines is 2. The van der Waals surface area contributed by atoms with E-state index in [0.717, 1.165) is 11.3 Å². The first-order valence-corrected chi connectivity index (χ1v) is 9.24. The van der Waals surface area contributed by atoms with E-state index in [0.29, 0.717) is 21.8 Å². The number of carbonyl (C=O) groups is 2. The summed E-state index contributed by atoms with van der Waals surface area (Å²) < 4.78 is 0. The Morgan fingerprint density at radius 2 is 1.50 bits per heavy atom. The fraction of sp³-hybridized carbons (Fsp3) is 0.136. The Hall–Kier alpha value is -3.18. The largest absolute Gasteiger partial charge is 0.322 e. The van der Waals surface area contributed by atoms with Gasteiger partial charge in [-0.25, -0.2) is 0 Å². The fourth-order valence-electron chi connectivity index (χ4n) is 2.73. The number of hydrogen-bond acceptors (Lipinski definition) is 3. The molecule has 1 heterocycles. The molecule has 142 valence electrons. The second-order valence-electron chi connectivity index (χ2n) is 6.62. The van der Waals surface area contributed by atoms with E-state index >= 15 is 0 Å². The predicted molar refractivity (Wildman–Crippen MR) is 112 cm³/mol. The first-order valence-electron chi connectivity index (χ1n) is 8.86. The van der Waals surface area contributed by atoms with Gasteiger partial charge in [0.2, 0.25) is 0 Å². The van der Waals surface area contributed by atoms with Gasteiger partial charge in [-0.05, 0) is 47.9 Å². The Bertz CT molecular complexity index is 1000. The third-order valence-electron chi connectivity index (χ3n) is 4.20. The molecule has 0 saturated heterocycles. The quantitative estimate of drug-likeness (QED) is 0.612. The van der Waals surface area contributed by atoms with Crippen LogP contribution in [0.1, 0.15) is 46.0 Å². The highest BCUT2D eigenvalue weighted by Crippen LogP contribution is 2.24. The summed E-state index contributed by atoms with van der Waals surface area (Å²) in [6, 6.07) is 15.9. The fourth-order valence-corrected chi connectivity index (χ4v) is 2.86. The van der Waals surface area contributed by atoms with Gasteiger partial charge in [0.05, 0.1) is 11.1 Å². The lowest BCUT2D eigenvalue weighted by molar-refractivity contribution is 0.102. The summed E-state index contributed by atoms with van der Waals surface area (Å²) in [5.41, 5.74) is 3.00. The highest BCUT2D eigenvalue weighted by molar-refractivity contribution is 6.30. The van der Waals surface area contributed by atoms with Gasteiger partial charge in [0, 0.05) is 28.8 Å². The first kappa shape index (κ1) is 19.6. The molecule has 0 unspecified atom stereocenters. The van der Waals surface area contributed by atoms with Gasteiger partial charge in [-0.2, -0.15) is 0 Å². The summed E-state index contributed by atoms with van der Waals surface area (Å²) in [5, 5.41) is 6.24. The molecular formula is C22H20ClN3O2. The number of pyridine rings is 1. The average Bonchev–Trinajstić information content (AvgIpc) is 2.70.